The highest BCUT2D eigenvalue weighted by Gasteiger charge is 2.34. The molecule has 0 N–H and O–H groups in total. The Hall–Kier alpha value is -2.76. The molecule has 0 unspecified atom stereocenters. The van der Waals surface area contributed by atoms with Crippen molar-refractivity contribution >= 4 is 11.7 Å². The highest BCUT2D eigenvalue weighted by Crippen LogP contribution is 2.33. The second-order valence-electron chi connectivity index (χ2n) is 7.80. The Kier molecular flexibility index (Phi) is 4.42. The monoisotopic (exact) mass is 363 g/mol. The number of aromatic nitrogens is 4. The van der Waals surface area contributed by atoms with Crippen molar-refractivity contribution in [2.75, 3.05) is 13.1 Å². The predicted molar refractivity (Wildman–Crippen MR) is 104 cm³/mol. The van der Waals surface area contributed by atoms with Crippen LogP contribution in [0, 0.1) is 13.8 Å². The van der Waals surface area contributed by atoms with Gasteiger partial charge in [-0.2, -0.15) is 4.98 Å². The summed E-state index contributed by atoms with van der Waals surface area (Å²) in [5.74, 6) is 1.18. The van der Waals surface area contributed by atoms with Gasteiger partial charge in [-0.25, -0.2) is 9.50 Å². The highest BCUT2D eigenvalue weighted by molar-refractivity contribution is 5.78. The SMILES string of the molecule is Cc1cc(C)n2nc(CC(=O)N3CCC[C@](C)(c4ccccc4)C3)nc2n1. The van der Waals surface area contributed by atoms with Crippen molar-refractivity contribution < 1.29 is 4.79 Å². The lowest BCUT2D eigenvalue weighted by atomic mass is 9.76. The van der Waals surface area contributed by atoms with Crippen LogP contribution in [0.3, 0.4) is 0 Å². The van der Waals surface area contributed by atoms with E-state index in [1.54, 1.807) is 4.52 Å². The summed E-state index contributed by atoms with van der Waals surface area (Å²) in [6, 6.07) is 12.5. The van der Waals surface area contributed by atoms with Gasteiger partial charge in [-0.05, 0) is 38.3 Å². The Morgan fingerprint density at radius 3 is 2.74 bits per heavy atom. The van der Waals surface area contributed by atoms with Crippen LogP contribution in [0.1, 0.15) is 42.5 Å². The topological polar surface area (TPSA) is 63.4 Å². The molecule has 1 aromatic carbocycles. The van der Waals surface area contributed by atoms with Gasteiger partial charge in [0.1, 0.15) is 0 Å². The van der Waals surface area contributed by atoms with Gasteiger partial charge in [-0.1, -0.05) is 37.3 Å². The molecule has 0 radical (unpaired) electrons. The van der Waals surface area contributed by atoms with Gasteiger partial charge < -0.3 is 4.90 Å². The molecule has 0 aliphatic carbocycles. The minimum Gasteiger partial charge on any atom is -0.341 e. The minimum absolute atomic E-state index is 0.00321. The first-order valence-corrected chi connectivity index (χ1v) is 9.48. The Morgan fingerprint density at radius 1 is 1.19 bits per heavy atom. The maximum atomic E-state index is 12.9. The molecule has 6 nitrogen and oxygen atoms in total. The largest absolute Gasteiger partial charge is 0.341 e. The minimum atomic E-state index is -0.00321. The van der Waals surface area contributed by atoms with Gasteiger partial charge in [0.2, 0.25) is 5.91 Å². The Labute approximate surface area is 159 Å². The summed E-state index contributed by atoms with van der Waals surface area (Å²) in [5, 5.41) is 4.48. The molecule has 0 saturated carbocycles. The smallest absolute Gasteiger partial charge is 0.252 e. The number of likely N-dealkylation sites (tertiary alicyclic amines) is 1. The van der Waals surface area contributed by atoms with Crippen molar-refractivity contribution in [3.63, 3.8) is 0 Å². The first kappa shape index (κ1) is 17.6. The van der Waals surface area contributed by atoms with Crippen LogP contribution in [-0.4, -0.2) is 43.5 Å². The third-order valence-corrected chi connectivity index (χ3v) is 5.49. The lowest BCUT2D eigenvalue weighted by Crippen LogP contribution is -2.47. The molecular weight excluding hydrogens is 338 g/mol. The van der Waals surface area contributed by atoms with E-state index in [0.717, 1.165) is 37.3 Å². The molecule has 1 amide bonds. The van der Waals surface area contributed by atoms with Crippen LogP contribution in [0.5, 0.6) is 0 Å². The first-order valence-electron chi connectivity index (χ1n) is 9.48. The molecule has 1 aliphatic rings. The number of amides is 1. The molecule has 0 spiro atoms. The predicted octanol–water partition coefficient (Wildman–Crippen LogP) is 2.86. The van der Waals surface area contributed by atoms with Crippen LogP contribution in [-0.2, 0) is 16.6 Å². The van der Waals surface area contributed by atoms with E-state index in [2.05, 4.69) is 46.3 Å². The number of piperidine rings is 1. The fourth-order valence-electron chi connectivity index (χ4n) is 4.06. The maximum Gasteiger partial charge on any atom is 0.252 e. The van der Waals surface area contributed by atoms with Crippen LogP contribution >= 0.6 is 0 Å². The fourth-order valence-corrected chi connectivity index (χ4v) is 4.06. The van der Waals surface area contributed by atoms with Crippen LogP contribution in [0.4, 0.5) is 0 Å². The summed E-state index contributed by atoms with van der Waals surface area (Å²) < 4.78 is 1.71. The molecule has 3 aromatic rings. The summed E-state index contributed by atoms with van der Waals surface area (Å²) in [4.78, 5) is 23.8. The summed E-state index contributed by atoms with van der Waals surface area (Å²) in [5.41, 5.74) is 3.17. The van der Waals surface area contributed by atoms with Gasteiger partial charge in [-0.15, -0.1) is 5.10 Å². The summed E-state index contributed by atoms with van der Waals surface area (Å²) in [6.07, 6.45) is 2.32. The number of nitrogens with zero attached hydrogens (tertiary/aromatic N) is 5. The number of aryl methyl sites for hydroxylation is 2. The normalized spacial score (nSPS) is 20.2. The molecule has 1 atom stereocenters. The second-order valence-corrected chi connectivity index (χ2v) is 7.80. The lowest BCUT2D eigenvalue weighted by Gasteiger charge is -2.41. The molecule has 1 saturated heterocycles. The highest BCUT2D eigenvalue weighted by atomic mass is 16.2. The van der Waals surface area contributed by atoms with Crippen LogP contribution in [0.15, 0.2) is 36.4 Å². The van der Waals surface area contributed by atoms with E-state index in [1.165, 1.54) is 5.56 Å². The van der Waals surface area contributed by atoms with Gasteiger partial charge >= 0.3 is 0 Å². The summed E-state index contributed by atoms with van der Waals surface area (Å²) in [6.45, 7) is 7.69. The Morgan fingerprint density at radius 2 is 1.96 bits per heavy atom. The molecule has 3 heterocycles. The number of hydrogen-bond acceptors (Lipinski definition) is 4. The van der Waals surface area contributed by atoms with E-state index in [-0.39, 0.29) is 17.7 Å². The fraction of sp³-hybridized carbons (Fsp3) is 0.429. The van der Waals surface area contributed by atoms with E-state index in [0.29, 0.717) is 11.6 Å². The average Bonchev–Trinajstić information content (AvgIpc) is 3.05. The number of carbonyl (C=O) groups excluding carboxylic acids is 1. The van der Waals surface area contributed by atoms with Gasteiger partial charge in [0.15, 0.2) is 5.82 Å². The number of benzene rings is 1. The molecule has 2 aromatic heterocycles. The van der Waals surface area contributed by atoms with E-state index in [9.17, 15) is 4.79 Å². The molecule has 4 rings (SSSR count). The molecular formula is C21H25N5O. The maximum absolute atomic E-state index is 12.9. The summed E-state index contributed by atoms with van der Waals surface area (Å²) >= 11 is 0. The van der Waals surface area contributed by atoms with Crippen molar-refractivity contribution in [2.45, 2.75) is 45.4 Å². The standard InChI is InChI=1S/C21H25N5O/c1-15-12-16(2)26-20(22-15)23-18(24-26)13-19(27)25-11-7-10-21(3,14-25)17-8-5-4-6-9-17/h4-6,8-9,12H,7,10-11,13-14H2,1-3H3/t21-/m0/s1. The van der Waals surface area contributed by atoms with Gasteiger partial charge in [0, 0.05) is 29.9 Å². The third-order valence-electron chi connectivity index (χ3n) is 5.49. The van der Waals surface area contributed by atoms with Crippen LogP contribution in [0.25, 0.3) is 5.78 Å². The lowest BCUT2D eigenvalue weighted by molar-refractivity contribution is -0.132. The van der Waals surface area contributed by atoms with Gasteiger partial charge in [0.05, 0.1) is 6.42 Å². The molecule has 6 heteroatoms. The zero-order chi connectivity index (χ0) is 19.0. The molecule has 1 fully saturated rings. The number of fused-ring (bicyclic) bond motifs is 1. The number of rotatable bonds is 3. The van der Waals surface area contributed by atoms with Crippen LogP contribution in [0.2, 0.25) is 0 Å². The van der Waals surface area contributed by atoms with Crippen LogP contribution < -0.4 is 0 Å². The van der Waals surface area contributed by atoms with Crippen molar-refractivity contribution in [2.24, 2.45) is 0 Å². The van der Waals surface area contributed by atoms with E-state index in [1.807, 2.05) is 30.9 Å². The zero-order valence-electron chi connectivity index (χ0n) is 16.1. The van der Waals surface area contributed by atoms with Crippen molar-refractivity contribution in [3.8, 4) is 0 Å². The average molecular weight is 363 g/mol. The van der Waals surface area contributed by atoms with Gasteiger partial charge in [-0.3, -0.25) is 4.79 Å². The Bertz CT molecular complexity index is 981. The molecule has 0 bridgehead atoms. The second kappa shape index (κ2) is 6.76. The van der Waals surface area contributed by atoms with E-state index < -0.39 is 0 Å². The Balaban J connectivity index is 1.52. The van der Waals surface area contributed by atoms with E-state index in [4.69, 9.17) is 0 Å². The van der Waals surface area contributed by atoms with E-state index >= 15 is 0 Å². The van der Waals surface area contributed by atoms with Gasteiger partial charge in [0.25, 0.3) is 5.78 Å². The molecule has 140 valence electrons. The summed E-state index contributed by atoms with van der Waals surface area (Å²) in [7, 11) is 0. The van der Waals surface area contributed by atoms with Crippen molar-refractivity contribution in [3.05, 3.63) is 59.2 Å². The first-order chi connectivity index (χ1) is 12.9. The third kappa shape index (κ3) is 3.44. The van der Waals surface area contributed by atoms with Crippen molar-refractivity contribution in [1.82, 2.24) is 24.5 Å². The zero-order valence-corrected chi connectivity index (χ0v) is 16.1. The number of carbonyl (C=O) groups is 1. The molecule has 27 heavy (non-hydrogen) atoms. The quantitative estimate of drug-likeness (QED) is 0.718. The number of hydrogen-bond donors (Lipinski definition) is 0. The van der Waals surface area contributed by atoms with Crippen molar-refractivity contribution in [1.29, 1.82) is 0 Å². The molecule has 1 aliphatic heterocycles.